The minimum Gasteiger partial charge on any atom is -0.504 e. The quantitative estimate of drug-likeness (QED) is 0.380. The molecule has 0 aliphatic rings. The molecule has 0 saturated heterocycles. The number of imidazole rings is 1. The number of aliphatic hydroxyl groups excluding tert-OH is 1. The summed E-state index contributed by atoms with van der Waals surface area (Å²) in [6.45, 7) is 0. The third-order valence-corrected chi connectivity index (χ3v) is 5.11. The van der Waals surface area contributed by atoms with Crippen molar-refractivity contribution >= 4 is 29.3 Å². The van der Waals surface area contributed by atoms with Gasteiger partial charge >= 0.3 is 5.78 Å². The summed E-state index contributed by atoms with van der Waals surface area (Å²) in [5, 5.41) is 11.7. The molecule has 2 aromatic carbocycles. The molecule has 130 valence electrons. The molecule has 0 radical (unpaired) electrons. The molecule has 1 N–H and O–H groups in total. The number of hydrogen-bond donors (Lipinski definition) is 1. The van der Waals surface area contributed by atoms with E-state index < -0.39 is 0 Å². The van der Waals surface area contributed by atoms with E-state index in [1.165, 1.54) is 0 Å². The first-order valence-corrected chi connectivity index (χ1v) is 9.07. The number of aliphatic hydroxyl groups is 1. The van der Waals surface area contributed by atoms with E-state index >= 15 is 0 Å². The van der Waals surface area contributed by atoms with Gasteiger partial charge in [0.2, 0.25) is 4.64 Å². The van der Waals surface area contributed by atoms with Crippen LogP contribution in [0.25, 0.3) is 22.7 Å². The number of hydrogen-bond acceptors (Lipinski definition) is 2. The highest BCUT2D eigenvalue weighted by molar-refractivity contribution is 7.71. The highest BCUT2D eigenvalue weighted by atomic mass is 32.1. The monoisotopic (exact) mass is 370 g/mol. The van der Waals surface area contributed by atoms with Crippen LogP contribution in [0.2, 0.25) is 0 Å². The van der Waals surface area contributed by atoms with Gasteiger partial charge in [0.25, 0.3) is 0 Å². The Kier molecular flexibility index (Phi) is 3.55. The summed E-state index contributed by atoms with van der Waals surface area (Å²) in [6, 6.07) is 25.5. The van der Waals surface area contributed by atoms with Crippen LogP contribution < -0.4 is 9.75 Å². The molecule has 0 aliphatic carbocycles. The van der Waals surface area contributed by atoms with E-state index in [1.807, 2.05) is 100 Å². The first-order chi connectivity index (χ1) is 13.3. The molecule has 4 nitrogen and oxygen atoms in total. The molecular weight excluding hydrogens is 354 g/mol. The largest absolute Gasteiger partial charge is 0.504 e. The fourth-order valence-electron chi connectivity index (χ4n) is 3.49. The van der Waals surface area contributed by atoms with Crippen LogP contribution >= 0.6 is 12.2 Å². The normalized spacial score (nSPS) is 12.6. The minimum atomic E-state index is 0.164. The maximum atomic E-state index is 11.1. The Morgan fingerprint density at radius 3 is 2.30 bits per heavy atom. The molecule has 0 fully saturated rings. The van der Waals surface area contributed by atoms with Crippen molar-refractivity contribution < 1.29 is 9.51 Å². The topological polar surface area (TPSA) is 33.7 Å². The lowest BCUT2D eigenvalue weighted by atomic mass is 10.2. The molecule has 0 aliphatic heterocycles. The Morgan fingerprint density at radius 1 is 0.852 bits per heavy atom. The predicted octanol–water partition coefficient (Wildman–Crippen LogP) is 3.63. The van der Waals surface area contributed by atoms with E-state index in [0.29, 0.717) is 9.99 Å². The van der Waals surface area contributed by atoms with Gasteiger partial charge in [-0.3, -0.25) is 0 Å². The van der Waals surface area contributed by atoms with Crippen molar-refractivity contribution in [1.29, 1.82) is 0 Å². The smallest absolute Gasteiger partial charge is 0.380 e. The van der Waals surface area contributed by atoms with Crippen molar-refractivity contribution in [2.24, 2.45) is 0 Å². The van der Waals surface area contributed by atoms with Gasteiger partial charge in [0.15, 0.2) is 11.1 Å². The van der Waals surface area contributed by atoms with Gasteiger partial charge in [-0.15, -0.1) is 0 Å². The molecule has 5 aromatic rings. The lowest BCUT2D eigenvalue weighted by Crippen LogP contribution is -2.40. The van der Waals surface area contributed by atoms with Crippen LogP contribution in [0.1, 0.15) is 5.56 Å². The third-order valence-electron chi connectivity index (χ3n) is 4.74. The van der Waals surface area contributed by atoms with Gasteiger partial charge in [-0.1, -0.05) is 48.5 Å². The Bertz CT molecular complexity index is 1390. The molecule has 5 heteroatoms. The van der Waals surface area contributed by atoms with E-state index in [-0.39, 0.29) is 5.76 Å². The van der Waals surface area contributed by atoms with Gasteiger partial charge in [-0.05, 0) is 36.5 Å². The van der Waals surface area contributed by atoms with Gasteiger partial charge in [0.05, 0.1) is 12.4 Å². The van der Waals surface area contributed by atoms with Gasteiger partial charge in [-0.2, -0.15) is 8.97 Å². The van der Waals surface area contributed by atoms with Crippen LogP contribution in [0.4, 0.5) is 0 Å². The first-order valence-electron chi connectivity index (χ1n) is 8.66. The molecule has 3 heterocycles. The number of aromatic nitrogens is 3. The Morgan fingerprint density at radius 2 is 1.56 bits per heavy atom. The summed E-state index contributed by atoms with van der Waals surface area (Å²) in [6.07, 6.45) is 3.95. The maximum absolute atomic E-state index is 11.1. The summed E-state index contributed by atoms with van der Waals surface area (Å²) in [5.41, 5.74) is 2.74. The summed E-state index contributed by atoms with van der Waals surface area (Å²) in [4.78, 5) is 0. The minimum absolute atomic E-state index is 0.164. The molecule has 0 atom stereocenters. The summed E-state index contributed by atoms with van der Waals surface area (Å²) >= 11 is 5.84. The molecule has 0 amide bonds. The van der Waals surface area contributed by atoms with E-state index in [0.717, 1.165) is 22.5 Å². The Balaban J connectivity index is 2.03. The molecule has 0 bridgehead atoms. The highest BCUT2D eigenvalue weighted by Crippen LogP contribution is 2.15. The Labute approximate surface area is 160 Å². The molecular formula is C22H16N3OS+. The van der Waals surface area contributed by atoms with E-state index in [4.69, 9.17) is 12.2 Å². The second kappa shape index (κ2) is 6.07. The zero-order valence-electron chi connectivity index (χ0n) is 14.4. The van der Waals surface area contributed by atoms with Crippen LogP contribution in [0.3, 0.4) is 0 Å². The van der Waals surface area contributed by atoms with Gasteiger partial charge in [-0.25, -0.2) is 4.40 Å². The van der Waals surface area contributed by atoms with Crippen molar-refractivity contribution in [3.63, 3.8) is 0 Å². The molecule has 0 spiro atoms. The average molecular weight is 370 g/mol. The van der Waals surface area contributed by atoms with E-state index in [1.54, 1.807) is 0 Å². The van der Waals surface area contributed by atoms with Gasteiger partial charge in [0.1, 0.15) is 11.2 Å². The molecule has 3 aromatic heterocycles. The first kappa shape index (κ1) is 15.8. The van der Waals surface area contributed by atoms with Gasteiger partial charge in [0, 0.05) is 11.6 Å². The second-order valence-electron chi connectivity index (χ2n) is 6.33. The lowest BCUT2D eigenvalue weighted by Gasteiger charge is -1.99. The zero-order valence-corrected chi connectivity index (χ0v) is 15.2. The fraction of sp³-hybridized carbons (Fsp3) is 0. The van der Waals surface area contributed by atoms with Crippen molar-refractivity contribution in [3.05, 3.63) is 107 Å². The van der Waals surface area contributed by atoms with Crippen LogP contribution in [0.15, 0.2) is 91.3 Å². The standard InChI is InChI=1S/C22H15N3OS/c26-20(16-8-3-1-4-9-16)19-21(27)25(18-10-5-2-6-11-18)22-23-14-7-12-17(23)13-15-24(19)22/h1-15H/p+1. The number of nitrogens with zero attached hydrogens (tertiary/aromatic N) is 3. The highest BCUT2D eigenvalue weighted by Gasteiger charge is 2.22. The number of para-hydroxylation sites is 1. The van der Waals surface area contributed by atoms with E-state index in [9.17, 15) is 5.11 Å². The second-order valence-corrected chi connectivity index (χ2v) is 6.71. The fourth-order valence-corrected chi connectivity index (χ4v) is 3.88. The zero-order chi connectivity index (χ0) is 18.4. The number of rotatable bonds is 2. The van der Waals surface area contributed by atoms with Crippen LogP contribution in [0, 0.1) is 4.64 Å². The SMILES string of the molecule is O/C(c1ccccc1)=c1\c(=S)n(-c2ccccc2)c2n3cccc3cc[n+]12. The third kappa shape index (κ3) is 2.36. The number of fused-ring (bicyclic) bond motifs is 3. The summed E-state index contributed by atoms with van der Waals surface area (Å²) < 4.78 is 6.58. The van der Waals surface area contributed by atoms with Crippen molar-refractivity contribution in [1.82, 2.24) is 8.97 Å². The predicted molar refractivity (Wildman–Crippen MR) is 108 cm³/mol. The van der Waals surface area contributed by atoms with Crippen LogP contribution in [0.5, 0.6) is 0 Å². The molecule has 27 heavy (non-hydrogen) atoms. The number of benzene rings is 2. The lowest BCUT2D eigenvalue weighted by molar-refractivity contribution is -0.529. The average Bonchev–Trinajstić information content (AvgIpc) is 3.30. The van der Waals surface area contributed by atoms with Crippen molar-refractivity contribution in [2.75, 3.05) is 0 Å². The van der Waals surface area contributed by atoms with Crippen LogP contribution in [-0.4, -0.2) is 14.1 Å². The van der Waals surface area contributed by atoms with Crippen molar-refractivity contribution in [2.45, 2.75) is 0 Å². The van der Waals surface area contributed by atoms with Crippen molar-refractivity contribution in [3.8, 4) is 5.69 Å². The molecule has 0 saturated carbocycles. The summed E-state index contributed by atoms with van der Waals surface area (Å²) in [7, 11) is 0. The maximum Gasteiger partial charge on any atom is 0.380 e. The van der Waals surface area contributed by atoms with E-state index in [2.05, 4.69) is 4.40 Å². The Hall–Kier alpha value is -3.44. The summed E-state index contributed by atoms with van der Waals surface area (Å²) in [5.74, 6) is 1.03. The molecule has 0 unspecified atom stereocenters. The van der Waals surface area contributed by atoms with Gasteiger partial charge < -0.3 is 5.11 Å². The molecule has 5 rings (SSSR count). The van der Waals surface area contributed by atoms with Crippen LogP contribution in [-0.2, 0) is 0 Å².